The lowest BCUT2D eigenvalue weighted by atomic mass is 9.98. The zero-order chi connectivity index (χ0) is 24.6. The molecule has 0 aliphatic carbocycles. The fraction of sp³-hybridized carbons (Fsp3) is 0.348. The number of fused-ring (bicyclic) bond motifs is 1. The van der Waals surface area contributed by atoms with Crippen molar-refractivity contribution < 1.29 is 27.2 Å². The summed E-state index contributed by atoms with van der Waals surface area (Å²) in [6, 6.07) is 9.72. The number of hydrogen-bond donors (Lipinski definition) is 1. The van der Waals surface area contributed by atoms with Crippen molar-refractivity contribution >= 4 is 33.2 Å². The number of nitrogens with zero attached hydrogens (tertiary/aromatic N) is 3. The lowest BCUT2D eigenvalue weighted by molar-refractivity contribution is -0.120. The van der Waals surface area contributed by atoms with Gasteiger partial charge >= 0.3 is 0 Å². The summed E-state index contributed by atoms with van der Waals surface area (Å²) in [6.45, 7) is 2.90. The monoisotopic (exact) mass is 518 g/mol. The molecule has 5 rings (SSSR count). The third-order valence-electron chi connectivity index (χ3n) is 5.90. The first kappa shape index (κ1) is 23.6. The molecule has 0 bridgehead atoms. The fourth-order valence-electron chi connectivity index (χ4n) is 4.14. The minimum Gasteiger partial charge on any atom is -0.486 e. The standard InChI is InChI=1S/C23H23ClN4O6S/c1-14-25-22(27-34-14)15-4-6-18(24)21(11-15)35(30,31)28-8-2-3-16(13-28)23(29)26-17-5-7-19-20(12-17)33-10-9-32-19/h4-7,11-12,16H,2-3,8-10,13H2,1H3,(H,26,29)/t16-/m0/s1. The van der Waals surface area contributed by atoms with Gasteiger partial charge in [0.25, 0.3) is 0 Å². The molecule has 10 nitrogen and oxygen atoms in total. The highest BCUT2D eigenvalue weighted by Crippen LogP contribution is 2.34. The summed E-state index contributed by atoms with van der Waals surface area (Å²) in [4.78, 5) is 17.1. The molecule has 0 spiro atoms. The number of hydrogen-bond acceptors (Lipinski definition) is 8. The van der Waals surface area contributed by atoms with E-state index in [-0.39, 0.29) is 34.7 Å². The van der Waals surface area contributed by atoms with Crippen LogP contribution in [0.15, 0.2) is 45.8 Å². The van der Waals surface area contributed by atoms with Crippen LogP contribution in [0.1, 0.15) is 18.7 Å². The normalized spacial score (nSPS) is 18.3. The number of carbonyl (C=O) groups excluding carboxylic acids is 1. The average molecular weight is 519 g/mol. The van der Waals surface area contributed by atoms with Crippen molar-refractivity contribution in [1.29, 1.82) is 0 Å². The minimum atomic E-state index is -3.97. The third kappa shape index (κ3) is 4.84. The van der Waals surface area contributed by atoms with Crippen LogP contribution in [0.5, 0.6) is 11.5 Å². The lowest BCUT2D eigenvalue weighted by Crippen LogP contribution is -2.43. The molecule has 3 aromatic rings. The molecule has 1 aromatic heterocycles. The maximum Gasteiger partial charge on any atom is 0.244 e. The second kappa shape index (κ2) is 9.48. The lowest BCUT2D eigenvalue weighted by Gasteiger charge is -2.31. The Morgan fingerprint density at radius 3 is 2.71 bits per heavy atom. The molecule has 0 saturated carbocycles. The van der Waals surface area contributed by atoms with Gasteiger partial charge in [0, 0.05) is 37.3 Å². The zero-order valence-corrected chi connectivity index (χ0v) is 20.4. The highest BCUT2D eigenvalue weighted by atomic mass is 35.5. The number of aryl methyl sites for hydroxylation is 1. The quantitative estimate of drug-likeness (QED) is 0.544. The van der Waals surface area contributed by atoms with E-state index in [0.717, 1.165) is 0 Å². The Morgan fingerprint density at radius 1 is 1.14 bits per heavy atom. The molecule has 12 heteroatoms. The number of benzene rings is 2. The second-order valence-electron chi connectivity index (χ2n) is 8.33. The molecule has 0 radical (unpaired) electrons. The van der Waals surface area contributed by atoms with Gasteiger partial charge in [-0.05, 0) is 43.2 Å². The molecule has 184 valence electrons. The Bertz CT molecular complexity index is 1380. The van der Waals surface area contributed by atoms with Crippen LogP contribution >= 0.6 is 11.6 Å². The first-order valence-electron chi connectivity index (χ1n) is 11.1. The van der Waals surface area contributed by atoms with E-state index in [4.69, 9.17) is 25.6 Å². The molecule has 1 atom stereocenters. The summed E-state index contributed by atoms with van der Waals surface area (Å²) < 4.78 is 44.4. The van der Waals surface area contributed by atoms with Gasteiger partial charge in [0.05, 0.1) is 10.9 Å². The van der Waals surface area contributed by atoms with Crippen LogP contribution in [0.3, 0.4) is 0 Å². The molecule has 1 amide bonds. The molecular formula is C23H23ClN4O6S. The topological polar surface area (TPSA) is 124 Å². The summed E-state index contributed by atoms with van der Waals surface area (Å²) >= 11 is 6.29. The number of nitrogens with one attached hydrogen (secondary N) is 1. The van der Waals surface area contributed by atoms with E-state index >= 15 is 0 Å². The van der Waals surface area contributed by atoms with E-state index in [1.165, 1.54) is 16.4 Å². The molecular weight excluding hydrogens is 496 g/mol. The van der Waals surface area contributed by atoms with E-state index in [1.54, 1.807) is 31.2 Å². The van der Waals surface area contributed by atoms with Gasteiger partial charge in [0.1, 0.15) is 18.1 Å². The molecule has 3 heterocycles. The highest BCUT2D eigenvalue weighted by Gasteiger charge is 2.35. The predicted octanol–water partition coefficient (Wildman–Crippen LogP) is 3.51. The molecule has 35 heavy (non-hydrogen) atoms. The van der Waals surface area contributed by atoms with E-state index < -0.39 is 15.9 Å². The Hall–Kier alpha value is -3.15. The number of aromatic nitrogens is 2. The van der Waals surface area contributed by atoms with E-state index in [9.17, 15) is 13.2 Å². The first-order valence-corrected chi connectivity index (χ1v) is 12.9. The van der Waals surface area contributed by atoms with Crippen LogP contribution in [0.4, 0.5) is 5.69 Å². The van der Waals surface area contributed by atoms with Gasteiger partial charge in [-0.1, -0.05) is 16.8 Å². The molecule has 2 aliphatic rings. The van der Waals surface area contributed by atoms with Gasteiger partial charge in [0.15, 0.2) is 11.5 Å². The van der Waals surface area contributed by atoms with Crippen LogP contribution in [0, 0.1) is 12.8 Å². The maximum absolute atomic E-state index is 13.5. The molecule has 0 unspecified atom stereocenters. The largest absolute Gasteiger partial charge is 0.486 e. The Labute approximate surface area is 207 Å². The smallest absolute Gasteiger partial charge is 0.244 e. The van der Waals surface area contributed by atoms with Crippen molar-refractivity contribution in [3.63, 3.8) is 0 Å². The fourth-order valence-corrected chi connectivity index (χ4v) is 6.16. The van der Waals surface area contributed by atoms with Crippen LogP contribution in [-0.2, 0) is 14.8 Å². The van der Waals surface area contributed by atoms with E-state index in [0.29, 0.717) is 54.7 Å². The highest BCUT2D eigenvalue weighted by molar-refractivity contribution is 7.89. The van der Waals surface area contributed by atoms with E-state index in [2.05, 4.69) is 15.5 Å². The van der Waals surface area contributed by atoms with Crippen LogP contribution in [-0.4, -0.2) is 55.1 Å². The average Bonchev–Trinajstić information content (AvgIpc) is 3.30. The molecule has 1 saturated heterocycles. The summed E-state index contributed by atoms with van der Waals surface area (Å²) in [5.41, 5.74) is 1.03. The number of amides is 1. The van der Waals surface area contributed by atoms with Gasteiger partial charge in [-0.2, -0.15) is 9.29 Å². The zero-order valence-electron chi connectivity index (χ0n) is 18.9. The summed E-state index contributed by atoms with van der Waals surface area (Å²) in [5, 5.41) is 6.80. The van der Waals surface area contributed by atoms with Crippen molar-refractivity contribution in [3.05, 3.63) is 47.3 Å². The van der Waals surface area contributed by atoms with Gasteiger partial charge in [-0.15, -0.1) is 0 Å². The summed E-state index contributed by atoms with van der Waals surface area (Å²) in [6.07, 6.45) is 1.11. The summed E-state index contributed by atoms with van der Waals surface area (Å²) in [5.74, 6) is 1.04. The van der Waals surface area contributed by atoms with Crippen LogP contribution in [0.2, 0.25) is 5.02 Å². The molecule has 1 N–H and O–H groups in total. The van der Waals surface area contributed by atoms with Crippen molar-refractivity contribution in [2.45, 2.75) is 24.7 Å². The number of anilines is 1. The van der Waals surface area contributed by atoms with Gasteiger partial charge < -0.3 is 19.3 Å². The minimum absolute atomic E-state index is 0.0423. The number of ether oxygens (including phenoxy) is 2. The predicted molar refractivity (Wildman–Crippen MR) is 127 cm³/mol. The van der Waals surface area contributed by atoms with Crippen molar-refractivity contribution in [3.8, 4) is 22.9 Å². The number of rotatable bonds is 5. The molecule has 2 aliphatic heterocycles. The van der Waals surface area contributed by atoms with Crippen molar-refractivity contribution in [1.82, 2.24) is 14.4 Å². The van der Waals surface area contributed by atoms with Gasteiger partial charge in [-0.25, -0.2) is 8.42 Å². The summed E-state index contributed by atoms with van der Waals surface area (Å²) in [7, 11) is -3.97. The number of carbonyl (C=O) groups is 1. The number of sulfonamides is 1. The van der Waals surface area contributed by atoms with Gasteiger partial charge in [0.2, 0.25) is 27.6 Å². The van der Waals surface area contributed by atoms with Gasteiger partial charge in [-0.3, -0.25) is 4.79 Å². The maximum atomic E-state index is 13.5. The Morgan fingerprint density at radius 2 is 1.94 bits per heavy atom. The Balaban J connectivity index is 1.33. The van der Waals surface area contributed by atoms with Crippen LogP contribution in [0.25, 0.3) is 11.4 Å². The Kier molecular flexibility index (Phi) is 6.39. The van der Waals surface area contributed by atoms with Crippen molar-refractivity contribution in [2.24, 2.45) is 5.92 Å². The first-order chi connectivity index (χ1) is 16.8. The van der Waals surface area contributed by atoms with E-state index in [1.807, 2.05) is 0 Å². The SMILES string of the molecule is Cc1nc(-c2ccc(Cl)c(S(=O)(=O)N3CCC[C@H](C(=O)Nc4ccc5c(c4)OCCO5)C3)c2)no1. The second-order valence-corrected chi connectivity index (χ2v) is 10.6. The number of halogens is 1. The third-order valence-corrected chi connectivity index (χ3v) is 8.25. The molecule has 1 fully saturated rings. The number of piperidine rings is 1. The van der Waals surface area contributed by atoms with Crippen molar-refractivity contribution in [2.75, 3.05) is 31.6 Å². The van der Waals surface area contributed by atoms with Crippen LogP contribution < -0.4 is 14.8 Å². The molecule has 2 aromatic carbocycles.